The van der Waals surface area contributed by atoms with E-state index in [1.54, 1.807) is 38.2 Å². The summed E-state index contributed by atoms with van der Waals surface area (Å²) in [6, 6.07) is 2.09. The topological polar surface area (TPSA) is 129 Å². The number of allylic oxidation sites excluding steroid dienone is 1. The van der Waals surface area contributed by atoms with Crippen LogP contribution in [0.4, 0.5) is 5.00 Å². The lowest BCUT2D eigenvalue weighted by atomic mass is 10.1. The lowest BCUT2D eigenvalue weighted by Gasteiger charge is -2.10. The number of hydrogen-bond donors (Lipinski definition) is 2. The highest BCUT2D eigenvalue weighted by molar-refractivity contribution is 7.99. The Labute approximate surface area is 215 Å². The summed E-state index contributed by atoms with van der Waals surface area (Å²) in [5.74, 6) is -0.944. The standard InChI is InChI=1S/C23H27N5O4S3/c1-6-8-28-20(14-9-15(7-2)33-10-14)26-27-23(28)34-11-16(29)25-21-17(22(31)32-12(3)4)13(5)18(35-21)19(24)30/h6,9-10,12H,1,7-8,11H2,2-5H3,(H2,24,30)(H,25,29). The van der Waals surface area contributed by atoms with Gasteiger partial charge in [0.05, 0.1) is 22.3 Å². The van der Waals surface area contributed by atoms with E-state index in [1.165, 1.54) is 16.6 Å². The van der Waals surface area contributed by atoms with Crippen molar-refractivity contribution in [2.75, 3.05) is 11.1 Å². The summed E-state index contributed by atoms with van der Waals surface area (Å²) in [4.78, 5) is 38.7. The molecule has 0 aromatic carbocycles. The van der Waals surface area contributed by atoms with E-state index in [0.717, 1.165) is 23.3 Å². The van der Waals surface area contributed by atoms with Gasteiger partial charge in [0.15, 0.2) is 11.0 Å². The largest absolute Gasteiger partial charge is 0.459 e. The number of thiophene rings is 2. The Morgan fingerprint density at radius 1 is 1.34 bits per heavy atom. The molecule has 0 aliphatic heterocycles. The van der Waals surface area contributed by atoms with Crippen molar-refractivity contribution in [1.82, 2.24) is 14.8 Å². The van der Waals surface area contributed by atoms with E-state index in [2.05, 4.69) is 35.1 Å². The van der Waals surface area contributed by atoms with Crippen LogP contribution >= 0.6 is 34.4 Å². The van der Waals surface area contributed by atoms with Crippen molar-refractivity contribution in [3.8, 4) is 11.4 Å². The number of nitrogens with zero attached hydrogens (tertiary/aromatic N) is 3. The number of thioether (sulfide) groups is 1. The van der Waals surface area contributed by atoms with Gasteiger partial charge in [-0.25, -0.2) is 4.79 Å². The zero-order valence-corrected chi connectivity index (χ0v) is 22.4. The molecule has 0 aliphatic carbocycles. The first-order valence-electron chi connectivity index (χ1n) is 10.8. The number of primary amides is 1. The van der Waals surface area contributed by atoms with E-state index >= 15 is 0 Å². The second kappa shape index (κ2) is 11.6. The van der Waals surface area contributed by atoms with E-state index < -0.39 is 11.9 Å². The molecule has 0 saturated carbocycles. The molecule has 186 valence electrons. The first-order chi connectivity index (χ1) is 16.7. The molecule has 9 nitrogen and oxygen atoms in total. The van der Waals surface area contributed by atoms with Gasteiger partial charge in [0.25, 0.3) is 5.91 Å². The van der Waals surface area contributed by atoms with Crippen molar-refractivity contribution in [3.05, 3.63) is 45.0 Å². The van der Waals surface area contributed by atoms with Crippen LogP contribution in [0.15, 0.2) is 29.3 Å². The summed E-state index contributed by atoms with van der Waals surface area (Å²) in [6.45, 7) is 11.4. The number of hydrogen-bond acceptors (Lipinski definition) is 9. The molecule has 0 saturated heterocycles. The normalized spacial score (nSPS) is 11.0. The number of amides is 2. The number of nitrogens with two attached hydrogens (primary N) is 1. The fraction of sp³-hybridized carbons (Fsp3) is 0.348. The van der Waals surface area contributed by atoms with E-state index in [0.29, 0.717) is 23.1 Å². The molecule has 12 heteroatoms. The van der Waals surface area contributed by atoms with Crippen molar-refractivity contribution in [3.63, 3.8) is 0 Å². The van der Waals surface area contributed by atoms with Crippen molar-refractivity contribution in [2.24, 2.45) is 5.73 Å². The minimum Gasteiger partial charge on any atom is -0.459 e. The molecule has 3 heterocycles. The molecule has 0 unspecified atom stereocenters. The highest BCUT2D eigenvalue weighted by Crippen LogP contribution is 2.34. The SMILES string of the molecule is C=CCn1c(SCC(=O)Nc2sc(C(N)=O)c(C)c2C(=O)OC(C)C)nnc1-c1csc(CC)c1. The maximum absolute atomic E-state index is 12.8. The minimum absolute atomic E-state index is 0.0145. The second-order valence-electron chi connectivity index (χ2n) is 7.78. The molecule has 0 radical (unpaired) electrons. The first kappa shape index (κ1) is 26.6. The maximum Gasteiger partial charge on any atom is 0.341 e. The van der Waals surface area contributed by atoms with Crippen LogP contribution in [0.5, 0.6) is 0 Å². The van der Waals surface area contributed by atoms with E-state index in [1.807, 2.05) is 9.95 Å². The van der Waals surface area contributed by atoms with Crippen LogP contribution in [0.1, 0.15) is 51.2 Å². The Balaban J connectivity index is 1.78. The number of nitrogens with one attached hydrogen (secondary N) is 1. The quantitative estimate of drug-likeness (QED) is 0.211. The lowest BCUT2D eigenvalue weighted by Crippen LogP contribution is -2.18. The van der Waals surface area contributed by atoms with Crippen LogP contribution in [0.3, 0.4) is 0 Å². The van der Waals surface area contributed by atoms with Gasteiger partial charge in [-0.2, -0.15) is 0 Å². The average Bonchev–Trinajstić information content (AvgIpc) is 3.49. The van der Waals surface area contributed by atoms with Crippen LogP contribution in [0.2, 0.25) is 0 Å². The van der Waals surface area contributed by atoms with Crippen molar-refractivity contribution in [1.29, 1.82) is 0 Å². The zero-order chi connectivity index (χ0) is 25.7. The molecular weight excluding hydrogens is 506 g/mol. The molecule has 0 atom stereocenters. The molecule has 3 rings (SSSR count). The highest BCUT2D eigenvalue weighted by Gasteiger charge is 2.26. The molecular formula is C23H27N5O4S3. The van der Waals surface area contributed by atoms with Crippen molar-refractivity contribution in [2.45, 2.75) is 51.9 Å². The summed E-state index contributed by atoms with van der Waals surface area (Å²) in [5, 5.41) is 14.1. The molecule has 0 spiro atoms. The smallest absolute Gasteiger partial charge is 0.341 e. The maximum atomic E-state index is 12.8. The van der Waals surface area contributed by atoms with Gasteiger partial charge in [0, 0.05) is 22.4 Å². The number of carbonyl (C=O) groups is 3. The number of rotatable bonds is 11. The average molecular weight is 534 g/mol. The van der Waals surface area contributed by atoms with Gasteiger partial charge in [-0.05, 0) is 38.8 Å². The third kappa shape index (κ3) is 6.19. The second-order valence-corrected chi connectivity index (χ2v) is 10.7. The van der Waals surface area contributed by atoms with Gasteiger partial charge in [-0.1, -0.05) is 24.8 Å². The number of ether oxygens (including phenoxy) is 1. The molecule has 3 aromatic heterocycles. The van der Waals surface area contributed by atoms with Gasteiger partial charge in [-0.15, -0.1) is 39.4 Å². The summed E-state index contributed by atoms with van der Waals surface area (Å²) < 4.78 is 7.19. The molecule has 0 aliphatic rings. The summed E-state index contributed by atoms with van der Waals surface area (Å²) >= 11 is 3.83. The Morgan fingerprint density at radius 3 is 2.69 bits per heavy atom. The Bertz CT molecular complexity index is 1260. The fourth-order valence-corrected chi connectivity index (χ4v) is 5.86. The predicted molar refractivity (Wildman–Crippen MR) is 140 cm³/mol. The highest BCUT2D eigenvalue weighted by atomic mass is 32.2. The number of aromatic nitrogens is 3. The summed E-state index contributed by atoms with van der Waals surface area (Å²) in [7, 11) is 0. The van der Waals surface area contributed by atoms with Gasteiger partial charge in [0.2, 0.25) is 5.91 Å². The Kier molecular flexibility index (Phi) is 8.87. The predicted octanol–water partition coefficient (Wildman–Crippen LogP) is 4.52. The van der Waals surface area contributed by atoms with Crippen LogP contribution in [-0.4, -0.2) is 44.4 Å². The lowest BCUT2D eigenvalue weighted by molar-refractivity contribution is -0.113. The van der Waals surface area contributed by atoms with E-state index in [-0.39, 0.29) is 33.2 Å². The van der Waals surface area contributed by atoms with Gasteiger partial charge >= 0.3 is 5.97 Å². The summed E-state index contributed by atoms with van der Waals surface area (Å²) in [6.07, 6.45) is 2.32. The van der Waals surface area contributed by atoms with Crippen molar-refractivity contribution < 1.29 is 19.1 Å². The minimum atomic E-state index is -0.675. The zero-order valence-electron chi connectivity index (χ0n) is 19.9. The number of anilines is 1. The van der Waals surface area contributed by atoms with Gasteiger partial charge in [0.1, 0.15) is 5.00 Å². The third-order valence-electron chi connectivity index (χ3n) is 4.79. The number of esters is 1. The van der Waals surface area contributed by atoms with Crippen LogP contribution in [0.25, 0.3) is 11.4 Å². The Hall–Kier alpha value is -2.96. The van der Waals surface area contributed by atoms with E-state index in [4.69, 9.17) is 10.5 Å². The Morgan fingerprint density at radius 2 is 2.09 bits per heavy atom. The van der Waals surface area contributed by atoms with Crippen molar-refractivity contribution >= 4 is 57.2 Å². The molecule has 0 bridgehead atoms. The monoisotopic (exact) mass is 533 g/mol. The van der Waals surface area contributed by atoms with Gasteiger partial charge < -0.3 is 15.8 Å². The molecule has 3 N–H and O–H groups in total. The molecule has 3 aromatic rings. The van der Waals surface area contributed by atoms with Crippen LogP contribution in [0, 0.1) is 6.92 Å². The van der Waals surface area contributed by atoms with E-state index in [9.17, 15) is 14.4 Å². The van der Waals surface area contributed by atoms with Crippen LogP contribution < -0.4 is 11.1 Å². The first-order valence-corrected chi connectivity index (χ1v) is 13.5. The molecule has 2 amide bonds. The van der Waals surface area contributed by atoms with Gasteiger partial charge in [-0.3, -0.25) is 14.2 Å². The third-order valence-corrected chi connectivity index (χ3v) is 8.06. The fourth-order valence-electron chi connectivity index (χ4n) is 3.23. The molecule has 0 fully saturated rings. The number of aryl methyl sites for hydroxylation is 1. The summed E-state index contributed by atoms with van der Waals surface area (Å²) in [5.41, 5.74) is 6.94. The number of carbonyl (C=O) groups excluding carboxylic acids is 3. The van der Waals surface area contributed by atoms with Crippen LogP contribution in [-0.2, 0) is 22.5 Å². The molecule has 35 heavy (non-hydrogen) atoms.